The number of aliphatic hydroxyl groups excluding tert-OH is 1. The van der Waals surface area contributed by atoms with Gasteiger partial charge in [-0.2, -0.15) is 0 Å². The first-order valence-corrected chi connectivity index (χ1v) is 7.87. The van der Waals surface area contributed by atoms with Gasteiger partial charge in [0.1, 0.15) is 6.10 Å². The van der Waals surface area contributed by atoms with Crippen LogP contribution < -0.4 is 5.32 Å². The summed E-state index contributed by atoms with van der Waals surface area (Å²) in [6.45, 7) is 3.87. The van der Waals surface area contributed by atoms with Crippen LogP contribution in [0.5, 0.6) is 0 Å². The molecule has 3 unspecified atom stereocenters. The number of ether oxygens (including phenoxy) is 5. The molecule has 0 aromatic rings. The van der Waals surface area contributed by atoms with Crippen molar-refractivity contribution < 1.29 is 28.8 Å². The van der Waals surface area contributed by atoms with Gasteiger partial charge in [0, 0.05) is 27.1 Å². The van der Waals surface area contributed by atoms with E-state index in [0.717, 1.165) is 0 Å². The topological polar surface area (TPSA) is 78.4 Å². The van der Waals surface area contributed by atoms with E-state index in [4.69, 9.17) is 23.7 Å². The standard InChI is InChI=1S/C15H29NO6/c1-8-14(16-3)10(18-4)7-13(21-8)22-15-9(2)20-12(17)6-11(15)19-5/h8-17H,6-7H2,1-5H3/t8-,9?,10-,11?,12+,13-,14?,15-/m0/s1. The highest BCUT2D eigenvalue weighted by Gasteiger charge is 2.42. The zero-order valence-electron chi connectivity index (χ0n) is 14.0. The summed E-state index contributed by atoms with van der Waals surface area (Å²) in [5, 5.41) is 12.9. The van der Waals surface area contributed by atoms with Gasteiger partial charge < -0.3 is 34.1 Å². The van der Waals surface area contributed by atoms with E-state index >= 15 is 0 Å². The van der Waals surface area contributed by atoms with Crippen LogP contribution in [0, 0.1) is 0 Å². The third-order valence-electron chi connectivity index (χ3n) is 4.58. The van der Waals surface area contributed by atoms with Gasteiger partial charge in [-0.3, -0.25) is 0 Å². The Morgan fingerprint density at radius 3 is 2.27 bits per heavy atom. The minimum atomic E-state index is -0.814. The smallest absolute Gasteiger partial charge is 0.161 e. The highest BCUT2D eigenvalue weighted by molar-refractivity contribution is 4.89. The molecule has 2 aliphatic rings. The number of likely N-dealkylation sites (N-methyl/N-ethyl adjacent to an activating group) is 1. The summed E-state index contributed by atoms with van der Waals surface area (Å²) in [7, 11) is 5.22. The van der Waals surface area contributed by atoms with Crippen molar-refractivity contribution in [2.75, 3.05) is 21.3 Å². The average molecular weight is 319 g/mol. The second-order valence-corrected chi connectivity index (χ2v) is 6.00. The van der Waals surface area contributed by atoms with Crippen LogP contribution >= 0.6 is 0 Å². The zero-order valence-corrected chi connectivity index (χ0v) is 14.0. The third kappa shape index (κ3) is 3.97. The van der Waals surface area contributed by atoms with Crippen LogP contribution in [-0.4, -0.2) is 75.5 Å². The van der Waals surface area contributed by atoms with Gasteiger partial charge in [-0.25, -0.2) is 0 Å². The van der Waals surface area contributed by atoms with Crippen LogP contribution in [0.1, 0.15) is 26.7 Å². The SMILES string of the molecule is CNC1[C@H](C)O[C@@H](O[C@H]2C(C)O[C@@H](O)CC2OC)C[C@@H]1OC. The molecule has 130 valence electrons. The van der Waals surface area contributed by atoms with E-state index < -0.39 is 6.29 Å². The van der Waals surface area contributed by atoms with E-state index in [1.54, 1.807) is 14.2 Å². The van der Waals surface area contributed by atoms with Gasteiger partial charge in [0.15, 0.2) is 12.6 Å². The predicted octanol–water partition coefficient (Wildman–Crippen LogP) is 0.252. The Morgan fingerprint density at radius 1 is 1.00 bits per heavy atom. The number of hydrogen-bond donors (Lipinski definition) is 2. The maximum atomic E-state index is 9.68. The van der Waals surface area contributed by atoms with Crippen LogP contribution in [0.25, 0.3) is 0 Å². The summed E-state index contributed by atoms with van der Waals surface area (Å²) in [5.74, 6) is 0. The highest BCUT2D eigenvalue weighted by atomic mass is 16.7. The Bertz CT molecular complexity index is 344. The number of rotatable bonds is 5. The molecule has 2 saturated heterocycles. The molecular formula is C15H29NO6. The van der Waals surface area contributed by atoms with E-state index in [-0.39, 0.29) is 42.9 Å². The second-order valence-electron chi connectivity index (χ2n) is 6.00. The number of nitrogens with one attached hydrogen (secondary N) is 1. The number of hydrogen-bond acceptors (Lipinski definition) is 7. The molecular weight excluding hydrogens is 290 g/mol. The Kier molecular flexibility index (Phi) is 6.58. The van der Waals surface area contributed by atoms with Gasteiger partial charge in [0.25, 0.3) is 0 Å². The summed E-state index contributed by atoms with van der Waals surface area (Å²) in [6, 6.07) is 0.130. The highest BCUT2D eigenvalue weighted by Crippen LogP contribution is 2.29. The molecule has 0 aromatic carbocycles. The molecule has 0 amide bonds. The summed E-state index contributed by atoms with van der Waals surface area (Å²) in [6.07, 6.45) is -0.953. The normalized spacial score (nSPS) is 46.6. The first-order chi connectivity index (χ1) is 10.5. The van der Waals surface area contributed by atoms with Crippen molar-refractivity contribution in [3.05, 3.63) is 0 Å². The van der Waals surface area contributed by atoms with Crippen molar-refractivity contribution in [2.24, 2.45) is 0 Å². The van der Waals surface area contributed by atoms with Gasteiger partial charge in [0.2, 0.25) is 0 Å². The monoisotopic (exact) mass is 319 g/mol. The van der Waals surface area contributed by atoms with Crippen molar-refractivity contribution in [2.45, 2.75) is 75.8 Å². The van der Waals surface area contributed by atoms with Crippen LogP contribution in [0.4, 0.5) is 0 Å². The molecule has 7 heteroatoms. The van der Waals surface area contributed by atoms with Crippen molar-refractivity contribution in [3.8, 4) is 0 Å². The van der Waals surface area contributed by atoms with Gasteiger partial charge in [-0.05, 0) is 20.9 Å². The fourth-order valence-corrected chi connectivity index (χ4v) is 3.39. The van der Waals surface area contributed by atoms with Crippen LogP contribution in [0.3, 0.4) is 0 Å². The molecule has 0 saturated carbocycles. The van der Waals surface area contributed by atoms with Gasteiger partial charge in [0.05, 0.1) is 30.5 Å². The molecule has 2 fully saturated rings. The van der Waals surface area contributed by atoms with Crippen molar-refractivity contribution in [1.29, 1.82) is 0 Å². The maximum Gasteiger partial charge on any atom is 0.161 e. The Balaban J connectivity index is 2.00. The van der Waals surface area contributed by atoms with Gasteiger partial charge >= 0.3 is 0 Å². The molecule has 2 heterocycles. The summed E-state index contributed by atoms with van der Waals surface area (Å²) >= 11 is 0. The van der Waals surface area contributed by atoms with E-state index in [1.807, 2.05) is 20.9 Å². The van der Waals surface area contributed by atoms with E-state index in [2.05, 4.69) is 5.32 Å². The summed E-state index contributed by atoms with van der Waals surface area (Å²) in [4.78, 5) is 0. The molecule has 0 spiro atoms. The lowest BCUT2D eigenvalue weighted by atomic mass is 9.98. The first kappa shape index (κ1) is 18.1. The third-order valence-corrected chi connectivity index (χ3v) is 4.58. The maximum absolute atomic E-state index is 9.68. The average Bonchev–Trinajstić information content (AvgIpc) is 2.48. The second kappa shape index (κ2) is 8.01. The molecule has 2 N–H and O–H groups in total. The lowest BCUT2D eigenvalue weighted by Crippen LogP contribution is -2.57. The quantitative estimate of drug-likeness (QED) is 0.752. The van der Waals surface area contributed by atoms with E-state index in [1.165, 1.54) is 0 Å². The molecule has 8 atom stereocenters. The molecule has 22 heavy (non-hydrogen) atoms. The van der Waals surface area contributed by atoms with Gasteiger partial charge in [-0.1, -0.05) is 0 Å². The molecule has 2 aliphatic heterocycles. The van der Waals surface area contributed by atoms with Crippen LogP contribution in [-0.2, 0) is 23.7 Å². The number of methoxy groups -OCH3 is 2. The zero-order chi connectivity index (χ0) is 16.3. The first-order valence-electron chi connectivity index (χ1n) is 7.87. The molecule has 2 rings (SSSR count). The molecule has 0 aliphatic carbocycles. The van der Waals surface area contributed by atoms with Crippen LogP contribution in [0.15, 0.2) is 0 Å². The lowest BCUT2D eigenvalue weighted by molar-refractivity contribution is -0.301. The Labute approximate surface area is 132 Å². The Hall–Kier alpha value is -0.280. The number of aliphatic hydroxyl groups is 1. The summed E-state index contributed by atoms with van der Waals surface area (Å²) < 4.78 is 28.5. The molecule has 0 bridgehead atoms. The molecule has 0 aromatic heterocycles. The Morgan fingerprint density at radius 2 is 1.68 bits per heavy atom. The van der Waals surface area contributed by atoms with Crippen molar-refractivity contribution in [1.82, 2.24) is 5.32 Å². The van der Waals surface area contributed by atoms with E-state index in [0.29, 0.717) is 12.8 Å². The minimum Gasteiger partial charge on any atom is -0.380 e. The molecule has 0 radical (unpaired) electrons. The predicted molar refractivity (Wildman–Crippen MR) is 79.4 cm³/mol. The summed E-state index contributed by atoms with van der Waals surface area (Å²) in [5.41, 5.74) is 0. The minimum absolute atomic E-state index is 0.0187. The lowest BCUT2D eigenvalue weighted by Gasteiger charge is -2.44. The van der Waals surface area contributed by atoms with Crippen LogP contribution in [0.2, 0.25) is 0 Å². The van der Waals surface area contributed by atoms with Crippen molar-refractivity contribution in [3.63, 3.8) is 0 Å². The van der Waals surface area contributed by atoms with Crippen molar-refractivity contribution >= 4 is 0 Å². The van der Waals surface area contributed by atoms with Gasteiger partial charge in [-0.15, -0.1) is 0 Å². The molecule has 7 nitrogen and oxygen atoms in total. The fourth-order valence-electron chi connectivity index (χ4n) is 3.39. The largest absolute Gasteiger partial charge is 0.380 e. The van der Waals surface area contributed by atoms with E-state index in [9.17, 15) is 5.11 Å². The fraction of sp³-hybridized carbons (Fsp3) is 1.00.